The lowest BCUT2D eigenvalue weighted by Gasteiger charge is -2.11. The summed E-state index contributed by atoms with van der Waals surface area (Å²) in [4.78, 5) is 14.7. The Kier molecular flexibility index (Phi) is 8.27. The second kappa shape index (κ2) is 10.0. The first kappa shape index (κ1) is 17.3. The van der Waals surface area contributed by atoms with E-state index in [0.29, 0.717) is 6.54 Å². The van der Waals surface area contributed by atoms with E-state index in [-0.39, 0.29) is 5.69 Å². The molecule has 7 heteroatoms. The average Bonchev–Trinajstić information content (AvgIpc) is 2.50. The molecular formula is C14H22N4O2S. The van der Waals surface area contributed by atoms with Crippen molar-refractivity contribution in [2.45, 2.75) is 19.9 Å². The molecule has 0 saturated carbocycles. The van der Waals surface area contributed by atoms with Gasteiger partial charge in [-0.25, -0.2) is 4.99 Å². The van der Waals surface area contributed by atoms with Crippen LogP contribution < -0.4 is 10.6 Å². The number of hydrogen-bond donors (Lipinski definition) is 2. The summed E-state index contributed by atoms with van der Waals surface area (Å²) in [5.74, 6) is 1.80. The summed E-state index contributed by atoms with van der Waals surface area (Å²) in [6.45, 7) is 4.32. The largest absolute Gasteiger partial charge is 0.356 e. The summed E-state index contributed by atoms with van der Waals surface area (Å²) in [5.41, 5.74) is 1.05. The molecule has 116 valence electrons. The number of benzene rings is 1. The molecule has 1 rings (SSSR count). The fourth-order valence-corrected chi connectivity index (χ4v) is 1.89. The van der Waals surface area contributed by atoms with Crippen LogP contribution in [0.1, 0.15) is 18.9 Å². The van der Waals surface area contributed by atoms with E-state index < -0.39 is 4.92 Å². The van der Waals surface area contributed by atoms with E-state index in [1.54, 1.807) is 23.9 Å². The van der Waals surface area contributed by atoms with Crippen molar-refractivity contribution in [2.24, 2.45) is 4.99 Å². The van der Waals surface area contributed by atoms with Crippen LogP contribution in [0.15, 0.2) is 29.3 Å². The quantitative estimate of drug-likeness (QED) is 0.253. The lowest BCUT2D eigenvalue weighted by atomic mass is 10.2. The molecule has 0 unspecified atom stereocenters. The Labute approximate surface area is 129 Å². The highest BCUT2D eigenvalue weighted by Crippen LogP contribution is 2.12. The molecule has 0 atom stereocenters. The van der Waals surface area contributed by atoms with Crippen LogP contribution in [0.25, 0.3) is 0 Å². The van der Waals surface area contributed by atoms with Gasteiger partial charge in [-0.1, -0.05) is 19.1 Å². The highest BCUT2D eigenvalue weighted by atomic mass is 32.2. The minimum absolute atomic E-state index is 0.102. The Bertz CT molecular complexity index is 463. The van der Waals surface area contributed by atoms with Crippen molar-refractivity contribution in [3.63, 3.8) is 0 Å². The fourth-order valence-electron chi connectivity index (χ4n) is 1.58. The lowest BCUT2D eigenvalue weighted by Crippen LogP contribution is -2.38. The zero-order valence-corrected chi connectivity index (χ0v) is 13.3. The van der Waals surface area contributed by atoms with Gasteiger partial charge in [0.15, 0.2) is 5.96 Å². The molecule has 1 aromatic carbocycles. The molecule has 6 nitrogen and oxygen atoms in total. The molecule has 21 heavy (non-hydrogen) atoms. The van der Waals surface area contributed by atoms with E-state index in [1.807, 2.05) is 0 Å². The predicted octanol–water partition coefficient (Wildman–Crippen LogP) is 2.40. The maximum atomic E-state index is 10.6. The molecule has 0 radical (unpaired) electrons. The van der Waals surface area contributed by atoms with E-state index in [0.717, 1.165) is 36.8 Å². The van der Waals surface area contributed by atoms with Crippen molar-refractivity contribution < 1.29 is 4.92 Å². The van der Waals surface area contributed by atoms with Gasteiger partial charge in [-0.05, 0) is 18.2 Å². The maximum absolute atomic E-state index is 10.6. The smallest absolute Gasteiger partial charge is 0.269 e. The van der Waals surface area contributed by atoms with E-state index in [2.05, 4.69) is 28.8 Å². The van der Waals surface area contributed by atoms with Crippen LogP contribution in [0.2, 0.25) is 0 Å². The number of non-ortho nitro benzene ring substituents is 1. The molecule has 2 N–H and O–H groups in total. The van der Waals surface area contributed by atoms with Gasteiger partial charge >= 0.3 is 0 Å². The number of nitro groups is 1. The average molecular weight is 310 g/mol. The zero-order chi connectivity index (χ0) is 15.5. The van der Waals surface area contributed by atoms with Crippen molar-refractivity contribution in [3.05, 3.63) is 39.9 Å². The predicted molar refractivity (Wildman–Crippen MR) is 88.9 cm³/mol. The number of nitro benzene ring substituents is 1. The number of rotatable bonds is 8. The lowest BCUT2D eigenvalue weighted by molar-refractivity contribution is -0.384. The molecule has 0 fully saturated rings. The first-order valence-electron chi connectivity index (χ1n) is 6.91. The van der Waals surface area contributed by atoms with Crippen molar-refractivity contribution in [1.82, 2.24) is 10.6 Å². The Hall–Kier alpha value is -1.76. The Balaban J connectivity index is 2.59. The number of nitrogens with one attached hydrogen (secondary N) is 2. The summed E-state index contributed by atoms with van der Waals surface area (Å²) in [6, 6.07) is 6.48. The minimum Gasteiger partial charge on any atom is -0.356 e. The summed E-state index contributed by atoms with van der Waals surface area (Å²) in [7, 11) is 0. The Morgan fingerprint density at radius 2 is 1.95 bits per heavy atom. The van der Waals surface area contributed by atoms with E-state index in [4.69, 9.17) is 0 Å². The topological polar surface area (TPSA) is 79.6 Å². The van der Waals surface area contributed by atoms with Crippen molar-refractivity contribution in [3.8, 4) is 0 Å². The summed E-state index contributed by atoms with van der Waals surface area (Å²) in [5, 5.41) is 17.1. The molecule has 0 heterocycles. The Morgan fingerprint density at radius 3 is 2.52 bits per heavy atom. The molecule has 0 aliphatic heterocycles. The molecule has 0 aliphatic carbocycles. The second-order valence-corrected chi connectivity index (χ2v) is 5.42. The highest BCUT2D eigenvalue weighted by Gasteiger charge is 2.04. The van der Waals surface area contributed by atoms with Crippen LogP contribution in [-0.4, -0.2) is 36.0 Å². The number of nitrogens with zero attached hydrogens (tertiary/aromatic N) is 2. The molecule has 0 aliphatic rings. The van der Waals surface area contributed by atoms with Gasteiger partial charge < -0.3 is 10.6 Å². The molecule has 0 spiro atoms. The van der Waals surface area contributed by atoms with Crippen LogP contribution in [0.3, 0.4) is 0 Å². The third-order valence-electron chi connectivity index (χ3n) is 2.71. The van der Waals surface area contributed by atoms with Crippen LogP contribution in [0.4, 0.5) is 5.69 Å². The summed E-state index contributed by atoms with van der Waals surface area (Å²) >= 11 is 1.78. The first-order chi connectivity index (χ1) is 10.2. The third kappa shape index (κ3) is 6.99. The Morgan fingerprint density at radius 1 is 1.29 bits per heavy atom. The number of aliphatic imine (C=N–C) groups is 1. The van der Waals surface area contributed by atoms with Gasteiger partial charge in [-0.3, -0.25) is 10.1 Å². The van der Waals surface area contributed by atoms with E-state index in [9.17, 15) is 10.1 Å². The second-order valence-electron chi connectivity index (χ2n) is 4.43. The molecule has 0 bridgehead atoms. The van der Waals surface area contributed by atoms with Crippen molar-refractivity contribution in [2.75, 3.05) is 25.1 Å². The van der Waals surface area contributed by atoms with Crippen LogP contribution >= 0.6 is 11.8 Å². The van der Waals surface area contributed by atoms with Gasteiger partial charge in [0, 0.05) is 31.0 Å². The van der Waals surface area contributed by atoms with Crippen LogP contribution in [0, 0.1) is 10.1 Å². The summed E-state index contributed by atoms with van der Waals surface area (Å²) < 4.78 is 0. The summed E-state index contributed by atoms with van der Waals surface area (Å²) in [6.07, 6.45) is 3.09. The van der Waals surface area contributed by atoms with Crippen LogP contribution in [-0.2, 0) is 6.54 Å². The molecule has 0 saturated heterocycles. The van der Waals surface area contributed by atoms with E-state index in [1.165, 1.54) is 12.1 Å². The van der Waals surface area contributed by atoms with Crippen LogP contribution in [0.5, 0.6) is 0 Å². The maximum Gasteiger partial charge on any atom is 0.269 e. The van der Waals surface area contributed by atoms with Gasteiger partial charge in [-0.15, -0.1) is 0 Å². The first-order valence-corrected chi connectivity index (χ1v) is 8.31. The zero-order valence-electron chi connectivity index (χ0n) is 12.5. The van der Waals surface area contributed by atoms with Gasteiger partial charge in [0.25, 0.3) is 5.69 Å². The van der Waals surface area contributed by atoms with Gasteiger partial charge in [0.05, 0.1) is 11.5 Å². The fraction of sp³-hybridized carbons (Fsp3) is 0.500. The van der Waals surface area contributed by atoms with Gasteiger partial charge in [0.1, 0.15) is 0 Å². The number of guanidine groups is 1. The molecule has 0 aromatic heterocycles. The normalized spacial score (nSPS) is 11.2. The molecular weight excluding hydrogens is 288 g/mol. The molecule has 1 aromatic rings. The SMILES string of the molecule is CCCNC(=NCc1ccc([N+](=O)[O-])cc1)NCCSC. The minimum atomic E-state index is -0.398. The van der Waals surface area contributed by atoms with Crippen molar-refractivity contribution in [1.29, 1.82) is 0 Å². The van der Waals surface area contributed by atoms with E-state index >= 15 is 0 Å². The van der Waals surface area contributed by atoms with Gasteiger partial charge in [-0.2, -0.15) is 11.8 Å². The number of thioether (sulfide) groups is 1. The molecule has 0 amide bonds. The highest BCUT2D eigenvalue weighted by molar-refractivity contribution is 7.98. The third-order valence-corrected chi connectivity index (χ3v) is 3.32. The monoisotopic (exact) mass is 310 g/mol. The standard InChI is InChI=1S/C14H22N4O2S/c1-3-8-15-14(16-9-10-21-2)17-11-12-4-6-13(7-5-12)18(19)20/h4-7H,3,8-11H2,1-2H3,(H2,15,16,17). The van der Waals surface area contributed by atoms with Crippen molar-refractivity contribution >= 4 is 23.4 Å². The number of hydrogen-bond acceptors (Lipinski definition) is 4. The van der Waals surface area contributed by atoms with Gasteiger partial charge in [0.2, 0.25) is 0 Å².